The minimum absolute atomic E-state index is 0.0948. The fourth-order valence-electron chi connectivity index (χ4n) is 2.08. The van der Waals surface area contributed by atoms with Crippen LogP contribution < -0.4 is 10.5 Å². The van der Waals surface area contributed by atoms with Gasteiger partial charge in [-0.25, -0.2) is 0 Å². The average molecular weight is 206 g/mol. The molecule has 0 spiro atoms. The van der Waals surface area contributed by atoms with Crippen molar-refractivity contribution in [2.24, 2.45) is 11.7 Å². The lowest BCUT2D eigenvalue weighted by Crippen LogP contribution is -2.37. The molecule has 0 radical (unpaired) electrons. The Kier molecular flexibility index (Phi) is 2.93. The molecule has 0 fully saturated rings. The second kappa shape index (κ2) is 4.21. The van der Waals surface area contributed by atoms with E-state index in [0.29, 0.717) is 5.92 Å². The lowest BCUT2D eigenvalue weighted by molar-refractivity contribution is 0.163. The molecular formula is C12H18N2O. The van der Waals surface area contributed by atoms with Gasteiger partial charge >= 0.3 is 0 Å². The highest BCUT2D eigenvalue weighted by Gasteiger charge is 2.27. The van der Waals surface area contributed by atoms with Gasteiger partial charge in [-0.15, -0.1) is 0 Å². The Balaban J connectivity index is 2.18. The van der Waals surface area contributed by atoms with Crippen molar-refractivity contribution < 1.29 is 4.74 Å². The van der Waals surface area contributed by atoms with Crippen LogP contribution in [0.5, 0.6) is 5.75 Å². The van der Waals surface area contributed by atoms with Gasteiger partial charge in [-0.05, 0) is 20.2 Å². The van der Waals surface area contributed by atoms with Crippen LogP contribution in [0.4, 0.5) is 0 Å². The maximum Gasteiger partial charge on any atom is 0.124 e. The highest BCUT2D eigenvalue weighted by atomic mass is 16.5. The zero-order chi connectivity index (χ0) is 10.8. The number of benzene rings is 1. The Hall–Kier alpha value is -1.06. The van der Waals surface area contributed by atoms with Crippen molar-refractivity contribution in [1.82, 2.24) is 4.90 Å². The van der Waals surface area contributed by atoms with Crippen molar-refractivity contribution in [1.29, 1.82) is 0 Å². The van der Waals surface area contributed by atoms with Crippen LogP contribution in [0.25, 0.3) is 0 Å². The van der Waals surface area contributed by atoms with E-state index in [2.05, 4.69) is 25.1 Å². The highest BCUT2D eigenvalue weighted by molar-refractivity contribution is 5.37. The minimum atomic E-state index is 0.0948. The molecule has 2 N–H and O–H groups in total. The second-order valence-corrected chi connectivity index (χ2v) is 4.40. The van der Waals surface area contributed by atoms with Crippen molar-refractivity contribution in [3.8, 4) is 5.75 Å². The zero-order valence-electron chi connectivity index (χ0n) is 9.31. The molecule has 0 aromatic heterocycles. The molecule has 1 aromatic carbocycles. The molecule has 0 saturated heterocycles. The maximum atomic E-state index is 6.23. The molecule has 82 valence electrons. The van der Waals surface area contributed by atoms with Gasteiger partial charge in [-0.1, -0.05) is 18.2 Å². The first-order chi connectivity index (χ1) is 7.18. The molecule has 1 aromatic rings. The van der Waals surface area contributed by atoms with Gasteiger partial charge < -0.3 is 15.4 Å². The first-order valence-electron chi connectivity index (χ1n) is 5.30. The van der Waals surface area contributed by atoms with Crippen LogP contribution in [0.3, 0.4) is 0 Å². The molecule has 1 heterocycles. The summed E-state index contributed by atoms with van der Waals surface area (Å²) in [5.74, 6) is 1.33. The van der Waals surface area contributed by atoms with E-state index in [1.165, 1.54) is 0 Å². The number of ether oxygens (including phenoxy) is 1. The van der Waals surface area contributed by atoms with Gasteiger partial charge in [0.2, 0.25) is 0 Å². The standard InChI is InChI=1S/C12H18N2O/c1-14(2)7-9-8-15-11-6-4-3-5-10(11)12(9)13/h3-6,9,12H,7-8,13H2,1-2H3/t9-,12+/m0/s1. The summed E-state index contributed by atoms with van der Waals surface area (Å²) >= 11 is 0. The monoisotopic (exact) mass is 206 g/mol. The number of fused-ring (bicyclic) bond motifs is 1. The van der Waals surface area contributed by atoms with Crippen LogP contribution in [-0.2, 0) is 0 Å². The topological polar surface area (TPSA) is 38.5 Å². The van der Waals surface area contributed by atoms with Crippen LogP contribution in [0.2, 0.25) is 0 Å². The summed E-state index contributed by atoms with van der Waals surface area (Å²) in [6.45, 7) is 1.69. The van der Waals surface area contributed by atoms with Gasteiger partial charge in [-0.2, -0.15) is 0 Å². The molecule has 2 atom stereocenters. The third kappa shape index (κ3) is 2.13. The molecule has 0 saturated carbocycles. The lowest BCUT2D eigenvalue weighted by Gasteiger charge is -2.32. The predicted octanol–water partition coefficient (Wildman–Crippen LogP) is 1.26. The summed E-state index contributed by atoms with van der Waals surface area (Å²) in [6.07, 6.45) is 0. The van der Waals surface area contributed by atoms with Crippen molar-refractivity contribution in [2.45, 2.75) is 6.04 Å². The van der Waals surface area contributed by atoms with E-state index < -0.39 is 0 Å². The minimum Gasteiger partial charge on any atom is -0.493 e. The molecular weight excluding hydrogens is 188 g/mol. The smallest absolute Gasteiger partial charge is 0.124 e. The van der Waals surface area contributed by atoms with Crippen LogP contribution in [0.15, 0.2) is 24.3 Å². The van der Waals surface area contributed by atoms with E-state index in [1.54, 1.807) is 0 Å². The number of nitrogens with two attached hydrogens (primary N) is 1. The summed E-state index contributed by atoms with van der Waals surface area (Å²) in [6, 6.07) is 8.14. The average Bonchev–Trinajstić information content (AvgIpc) is 2.22. The molecule has 15 heavy (non-hydrogen) atoms. The molecule has 0 amide bonds. The SMILES string of the molecule is CN(C)C[C@H]1COc2ccccc2[C@@H]1N. The van der Waals surface area contributed by atoms with Crippen molar-refractivity contribution in [2.75, 3.05) is 27.2 Å². The van der Waals surface area contributed by atoms with E-state index in [-0.39, 0.29) is 6.04 Å². The predicted molar refractivity (Wildman–Crippen MR) is 60.9 cm³/mol. The van der Waals surface area contributed by atoms with Gasteiger partial charge in [-0.3, -0.25) is 0 Å². The molecule has 0 unspecified atom stereocenters. The number of nitrogens with zero attached hydrogens (tertiary/aromatic N) is 1. The van der Waals surface area contributed by atoms with Crippen LogP contribution in [-0.4, -0.2) is 32.1 Å². The maximum absolute atomic E-state index is 6.23. The summed E-state index contributed by atoms with van der Waals surface area (Å²) in [4.78, 5) is 2.15. The number of para-hydroxylation sites is 1. The Morgan fingerprint density at radius 1 is 1.40 bits per heavy atom. The Labute approximate surface area is 90.8 Å². The normalized spacial score (nSPS) is 24.8. The summed E-state index contributed by atoms with van der Waals surface area (Å²) in [5, 5.41) is 0. The second-order valence-electron chi connectivity index (χ2n) is 4.40. The van der Waals surface area contributed by atoms with E-state index >= 15 is 0 Å². The molecule has 3 heteroatoms. The van der Waals surface area contributed by atoms with Gasteiger partial charge in [0, 0.05) is 24.1 Å². The van der Waals surface area contributed by atoms with E-state index in [0.717, 1.165) is 24.5 Å². The Bertz CT molecular complexity index is 338. The third-order valence-corrected chi connectivity index (χ3v) is 2.84. The molecule has 1 aliphatic heterocycles. The van der Waals surface area contributed by atoms with E-state index in [1.807, 2.05) is 18.2 Å². The molecule has 1 aliphatic rings. The number of hydrogen-bond donors (Lipinski definition) is 1. The van der Waals surface area contributed by atoms with E-state index in [9.17, 15) is 0 Å². The first-order valence-corrected chi connectivity index (χ1v) is 5.30. The molecule has 2 rings (SSSR count). The third-order valence-electron chi connectivity index (χ3n) is 2.84. The molecule has 0 aliphatic carbocycles. The zero-order valence-corrected chi connectivity index (χ0v) is 9.31. The summed E-state index contributed by atoms with van der Waals surface area (Å²) in [5.41, 5.74) is 7.37. The van der Waals surface area contributed by atoms with Gasteiger partial charge in [0.05, 0.1) is 6.61 Å². The van der Waals surface area contributed by atoms with Crippen LogP contribution in [0.1, 0.15) is 11.6 Å². The Morgan fingerprint density at radius 3 is 2.87 bits per heavy atom. The van der Waals surface area contributed by atoms with Crippen molar-refractivity contribution >= 4 is 0 Å². The fourth-order valence-corrected chi connectivity index (χ4v) is 2.08. The van der Waals surface area contributed by atoms with Crippen molar-refractivity contribution in [3.63, 3.8) is 0 Å². The quantitative estimate of drug-likeness (QED) is 0.791. The highest BCUT2D eigenvalue weighted by Crippen LogP contribution is 2.33. The Morgan fingerprint density at radius 2 is 2.13 bits per heavy atom. The van der Waals surface area contributed by atoms with E-state index in [4.69, 9.17) is 10.5 Å². The lowest BCUT2D eigenvalue weighted by atomic mass is 9.91. The van der Waals surface area contributed by atoms with Gasteiger partial charge in [0.15, 0.2) is 0 Å². The summed E-state index contributed by atoms with van der Waals surface area (Å²) < 4.78 is 5.70. The fraction of sp³-hybridized carbons (Fsp3) is 0.500. The largest absolute Gasteiger partial charge is 0.493 e. The van der Waals surface area contributed by atoms with Crippen LogP contribution in [0, 0.1) is 5.92 Å². The van der Waals surface area contributed by atoms with Gasteiger partial charge in [0.25, 0.3) is 0 Å². The number of hydrogen-bond acceptors (Lipinski definition) is 3. The molecule has 3 nitrogen and oxygen atoms in total. The van der Waals surface area contributed by atoms with Crippen molar-refractivity contribution in [3.05, 3.63) is 29.8 Å². The first kappa shape index (κ1) is 10.5. The number of rotatable bonds is 2. The van der Waals surface area contributed by atoms with Crippen LogP contribution >= 0.6 is 0 Å². The van der Waals surface area contributed by atoms with Gasteiger partial charge in [0.1, 0.15) is 5.75 Å². The summed E-state index contributed by atoms with van der Waals surface area (Å²) in [7, 11) is 4.13. The molecule has 0 bridgehead atoms.